The number of nitrogens with one attached hydrogen (secondary N) is 1. The van der Waals surface area contributed by atoms with E-state index in [9.17, 15) is 4.79 Å². The van der Waals surface area contributed by atoms with Crippen LogP contribution in [0.15, 0.2) is 30.3 Å². The molecule has 2 atom stereocenters. The summed E-state index contributed by atoms with van der Waals surface area (Å²) in [5.41, 5.74) is 1.27. The highest BCUT2D eigenvalue weighted by atomic mass is 35.5. The first kappa shape index (κ1) is 21.2. The maximum Gasteiger partial charge on any atom is 0.311 e. The molecule has 126 valence electrons. The topological polar surface area (TPSA) is 41.6 Å². The lowest BCUT2D eigenvalue weighted by atomic mass is 9.92. The molecule has 1 N–H and O–H groups in total. The van der Waals surface area contributed by atoms with Crippen LogP contribution in [0.2, 0.25) is 0 Å². The predicted molar refractivity (Wildman–Crippen MR) is 93.8 cm³/mol. The third kappa shape index (κ3) is 5.76. The molecule has 1 saturated heterocycles. The summed E-state index contributed by atoms with van der Waals surface area (Å²) in [7, 11) is 2.09. The molecule has 0 amide bonds. The number of hydrogen-bond donors (Lipinski definition) is 1. The van der Waals surface area contributed by atoms with Crippen molar-refractivity contribution in [3.63, 3.8) is 0 Å². The van der Waals surface area contributed by atoms with Gasteiger partial charge in [-0.05, 0) is 32.5 Å². The molecule has 1 heterocycles. The number of halogens is 2. The summed E-state index contributed by atoms with van der Waals surface area (Å²) in [6.45, 7) is 4.84. The summed E-state index contributed by atoms with van der Waals surface area (Å²) >= 11 is 0. The number of esters is 1. The Morgan fingerprint density at radius 3 is 2.64 bits per heavy atom. The van der Waals surface area contributed by atoms with Crippen molar-refractivity contribution in [3.05, 3.63) is 35.9 Å². The van der Waals surface area contributed by atoms with E-state index in [0.717, 1.165) is 19.5 Å². The molecule has 22 heavy (non-hydrogen) atoms. The van der Waals surface area contributed by atoms with Crippen LogP contribution in [0.5, 0.6) is 0 Å². The van der Waals surface area contributed by atoms with Crippen LogP contribution in [0.25, 0.3) is 0 Å². The zero-order valence-electron chi connectivity index (χ0n) is 13.2. The lowest BCUT2D eigenvalue weighted by Crippen LogP contribution is -2.51. The van der Waals surface area contributed by atoms with Crippen molar-refractivity contribution in [2.24, 2.45) is 5.92 Å². The van der Waals surface area contributed by atoms with Crippen molar-refractivity contribution in [1.82, 2.24) is 10.2 Å². The average molecular weight is 349 g/mol. The number of ether oxygens (including phenoxy) is 1. The molecular formula is C16H26Cl2N2O2. The van der Waals surface area contributed by atoms with Crippen molar-refractivity contribution in [2.75, 3.05) is 26.7 Å². The van der Waals surface area contributed by atoms with Gasteiger partial charge in [-0.3, -0.25) is 9.69 Å². The monoisotopic (exact) mass is 348 g/mol. The Balaban J connectivity index is 0.00000220. The van der Waals surface area contributed by atoms with Crippen molar-refractivity contribution >= 4 is 30.8 Å². The molecule has 1 aliphatic rings. The highest BCUT2D eigenvalue weighted by molar-refractivity contribution is 5.85. The summed E-state index contributed by atoms with van der Waals surface area (Å²) in [6.07, 6.45) is 0.979. The van der Waals surface area contributed by atoms with E-state index < -0.39 is 0 Å². The van der Waals surface area contributed by atoms with E-state index in [2.05, 4.69) is 41.5 Å². The molecule has 1 aliphatic heterocycles. The average Bonchev–Trinajstić information content (AvgIpc) is 2.48. The Morgan fingerprint density at radius 1 is 1.32 bits per heavy atom. The molecule has 0 unspecified atom stereocenters. The maximum absolute atomic E-state index is 12.1. The fraction of sp³-hybridized carbons (Fsp3) is 0.562. The van der Waals surface area contributed by atoms with Gasteiger partial charge in [-0.25, -0.2) is 0 Å². The molecule has 0 spiro atoms. The second kappa shape index (κ2) is 10.8. The van der Waals surface area contributed by atoms with Crippen LogP contribution < -0.4 is 5.32 Å². The van der Waals surface area contributed by atoms with Crippen molar-refractivity contribution in [1.29, 1.82) is 0 Å². The molecule has 0 saturated carbocycles. The minimum absolute atomic E-state index is 0. The smallest absolute Gasteiger partial charge is 0.311 e. The van der Waals surface area contributed by atoms with Gasteiger partial charge >= 0.3 is 5.97 Å². The number of benzene rings is 1. The van der Waals surface area contributed by atoms with Gasteiger partial charge in [-0.1, -0.05) is 30.3 Å². The zero-order valence-corrected chi connectivity index (χ0v) is 14.8. The number of piperidine rings is 1. The van der Waals surface area contributed by atoms with E-state index in [1.165, 1.54) is 5.56 Å². The molecule has 6 heteroatoms. The van der Waals surface area contributed by atoms with Gasteiger partial charge in [0.05, 0.1) is 12.5 Å². The Morgan fingerprint density at radius 2 is 2.00 bits per heavy atom. The Hall–Kier alpha value is -0.810. The standard InChI is InChI=1S/C16H24N2O2.2ClH/c1-3-20-16(19)14-11-17-10-9-15(14)18(2)12-13-7-5-4-6-8-13;;/h4-8,14-15,17H,3,9-12H2,1-2H3;2*1H/t14-,15-;;/m0../s1. The normalized spacial score (nSPS) is 20.7. The second-order valence-corrected chi connectivity index (χ2v) is 5.32. The number of carbonyl (C=O) groups excluding carboxylic acids is 1. The molecule has 1 aromatic rings. The molecule has 4 nitrogen and oxygen atoms in total. The number of hydrogen-bond acceptors (Lipinski definition) is 4. The largest absolute Gasteiger partial charge is 0.466 e. The Labute approximate surface area is 145 Å². The molecule has 0 radical (unpaired) electrons. The maximum atomic E-state index is 12.1. The molecule has 1 aromatic carbocycles. The minimum Gasteiger partial charge on any atom is -0.466 e. The summed E-state index contributed by atoms with van der Waals surface area (Å²) in [5.74, 6) is -0.151. The van der Waals surface area contributed by atoms with Crippen molar-refractivity contribution in [3.8, 4) is 0 Å². The third-order valence-electron chi connectivity index (χ3n) is 3.88. The highest BCUT2D eigenvalue weighted by Crippen LogP contribution is 2.20. The fourth-order valence-electron chi connectivity index (χ4n) is 2.85. The van der Waals surface area contributed by atoms with Crippen LogP contribution >= 0.6 is 24.8 Å². The molecule has 1 fully saturated rings. The molecule has 0 aromatic heterocycles. The van der Waals surface area contributed by atoms with Crippen LogP contribution in [0, 0.1) is 5.92 Å². The van der Waals surface area contributed by atoms with Gasteiger partial charge in [0, 0.05) is 19.1 Å². The Bertz CT molecular complexity index is 431. The SMILES string of the molecule is CCOC(=O)[C@H]1CNCC[C@@H]1N(C)Cc1ccccc1.Cl.Cl. The van der Waals surface area contributed by atoms with Gasteiger partial charge < -0.3 is 10.1 Å². The van der Waals surface area contributed by atoms with Crippen LogP contribution in [0.1, 0.15) is 18.9 Å². The van der Waals surface area contributed by atoms with Crippen LogP contribution in [-0.2, 0) is 16.1 Å². The van der Waals surface area contributed by atoms with Crippen LogP contribution in [0.4, 0.5) is 0 Å². The molecular weight excluding hydrogens is 323 g/mol. The summed E-state index contributed by atoms with van der Waals surface area (Å²) in [5, 5.41) is 3.30. The van der Waals surface area contributed by atoms with E-state index in [1.807, 2.05) is 13.0 Å². The Kier molecular flexibility index (Phi) is 10.4. The van der Waals surface area contributed by atoms with Gasteiger partial charge in [0.1, 0.15) is 0 Å². The number of carbonyl (C=O) groups is 1. The van der Waals surface area contributed by atoms with Crippen LogP contribution in [-0.4, -0.2) is 43.7 Å². The lowest BCUT2D eigenvalue weighted by molar-refractivity contribution is -0.151. The first-order valence-electron chi connectivity index (χ1n) is 7.34. The van der Waals surface area contributed by atoms with Crippen molar-refractivity contribution in [2.45, 2.75) is 25.9 Å². The third-order valence-corrected chi connectivity index (χ3v) is 3.88. The first-order valence-corrected chi connectivity index (χ1v) is 7.34. The number of nitrogens with zero attached hydrogens (tertiary/aromatic N) is 1. The summed E-state index contributed by atoms with van der Waals surface area (Å²) in [6, 6.07) is 10.6. The second-order valence-electron chi connectivity index (χ2n) is 5.32. The van der Waals surface area contributed by atoms with E-state index in [-0.39, 0.29) is 42.7 Å². The highest BCUT2D eigenvalue weighted by Gasteiger charge is 2.34. The molecule has 0 aliphatic carbocycles. The van der Waals surface area contributed by atoms with Gasteiger partial charge in [0.15, 0.2) is 0 Å². The summed E-state index contributed by atoms with van der Waals surface area (Å²) < 4.78 is 5.21. The first-order chi connectivity index (χ1) is 9.72. The van der Waals surface area contributed by atoms with E-state index >= 15 is 0 Å². The van der Waals surface area contributed by atoms with Gasteiger partial charge in [-0.15, -0.1) is 24.8 Å². The summed E-state index contributed by atoms with van der Waals surface area (Å²) in [4.78, 5) is 14.4. The van der Waals surface area contributed by atoms with E-state index in [4.69, 9.17) is 4.74 Å². The van der Waals surface area contributed by atoms with Crippen LogP contribution in [0.3, 0.4) is 0 Å². The minimum atomic E-state index is -0.0791. The fourth-order valence-corrected chi connectivity index (χ4v) is 2.85. The van der Waals surface area contributed by atoms with Gasteiger partial charge in [0.25, 0.3) is 0 Å². The zero-order chi connectivity index (χ0) is 14.4. The lowest BCUT2D eigenvalue weighted by Gasteiger charge is -2.37. The molecule has 0 bridgehead atoms. The predicted octanol–water partition coefficient (Wildman–Crippen LogP) is 2.50. The van der Waals surface area contributed by atoms with Gasteiger partial charge in [0.2, 0.25) is 0 Å². The van der Waals surface area contributed by atoms with Crippen molar-refractivity contribution < 1.29 is 9.53 Å². The van der Waals surface area contributed by atoms with Gasteiger partial charge in [-0.2, -0.15) is 0 Å². The quantitative estimate of drug-likeness (QED) is 0.830. The van der Waals surface area contributed by atoms with E-state index in [1.54, 1.807) is 0 Å². The van der Waals surface area contributed by atoms with E-state index in [0.29, 0.717) is 13.2 Å². The number of rotatable bonds is 5. The molecule has 2 rings (SSSR count).